The number of halogens is 2. The van der Waals surface area contributed by atoms with Crippen molar-refractivity contribution in [2.75, 3.05) is 7.11 Å². The Kier molecular flexibility index (Phi) is 5.28. The highest BCUT2D eigenvalue weighted by Gasteiger charge is 2.24. The van der Waals surface area contributed by atoms with Gasteiger partial charge in [-0.25, -0.2) is 23.3 Å². The molecule has 0 aliphatic carbocycles. The molecule has 0 aliphatic heterocycles. The van der Waals surface area contributed by atoms with Gasteiger partial charge >= 0.3 is 6.01 Å². The quantitative estimate of drug-likeness (QED) is 0.358. The Hall–Kier alpha value is -4.54. The Morgan fingerprint density at radius 1 is 1.09 bits per heavy atom. The van der Waals surface area contributed by atoms with Crippen molar-refractivity contribution in [3.63, 3.8) is 0 Å². The molecule has 1 aromatic carbocycles. The van der Waals surface area contributed by atoms with Crippen LogP contribution in [0.2, 0.25) is 0 Å². The highest BCUT2D eigenvalue weighted by molar-refractivity contribution is 6.01. The average molecular weight is 461 g/mol. The topological polar surface area (TPSA) is 100 Å². The first kappa shape index (κ1) is 21.3. The minimum atomic E-state index is -0.743. The van der Waals surface area contributed by atoms with Crippen LogP contribution in [0.15, 0.2) is 55.0 Å². The highest BCUT2D eigenvalue weighted by atomic mass is 19.1. The third-order valence-corrected chi connectivity index (χ3v) is 5.25. The summed E-state index contributed by atoms with van der Waals surface area (Å²) in [6.45, 7) is 0. The molecule has 0 aliphatic rings. The summed E-state index contributed by atoms with van der Waals surface area (Å²) in [5.74, 6) is -1.40. The fourth-order valence-electron chi connectivity index (χ4n) is 3.63. The number of pyridine rings is 1. The van der Waals surface area contributed by atoms with E-state index in [0.717, 1.165) is 11.8 Å². The molecule has 0 bridgehead atoms. The lowest BCUT2D eigenvalue weighted by Gasteiger charge is -2.08. The SMILES string of the molecule is COc1ncc(F)c(-c2cnn(C)c2C(=O)Cc2cc3nc(-c4ccccc4)nn3cc2F)n1. The van der Waals surface area contributed by atoms with Gasteiger partial charge < -0.3 is 4.74 Å². The number of aromatic nitrogens is 7. The number of Topliss-reactive ketones (excluding diaryl/α,β-unsaturated/α-hetero) is 1. The maximum Gasteiger partial charge on any atom is 0.316 e. The van der Waals surface area contributed by atoms with E-state index in [2.05, 4.69) is 25.1 Å². The molecular weight excluding hydrogens is 444 g/mol. The summed E-state index contributed by atoms with van der Waals surface area (Å²) in [6.07, 6.45) is 3.15. The van der Waals surface area contributed by atoms with Crippen LogP contribution in [0.3, 0.4) is 0 Å². The number of hydrogen-bond donors (Lipinski definition) is 0. The van der Waals surface area contributed by atoms with Gasteiger partial charge in [-0.05, 0) is 6.07 Å². The molecular formula is C23H17F2N7O2. The number of hydrogen-bond acceptors (Lipinski definition) is 7. The summed E-state index contributed by atoms with van der Waals surface area (Å²) in [6, 6.07) is 10.7. The minimum Gasteiger partial charge on any atom is -0.467 e. The average Bonchev–Trinajstić information content (AvgIpc) is 3.43. The summed E-state index contributed by atoms with van der Waals surface area (Å²) in [5, 5.41) is 8.38. The maximum atomic E-state index is 14.9. The van der Waals surface area contributed by atoms with E-state index in [1.807, 2.05) is 30.3 Å². The number of ether oxygens (including phenoxy) is 1. The van der Waals surface area contributed by atoms with Crippen molar-refractivity contribution in [2.45, 2.75) is 6.42 Å². The first-order valence-electron chi connectivity index (χ1n) is 10.2. The van der Waals surface area contributed by atoms with Gasteiger partial charge in [0.25, 0.3) is 0 Å². The van der Waals surface area contributed by atoms with E-state index in [1.165, 1.54) is 41.8 Å². The van der Waals surface area contributed by atoms with Crippen LogP contribution in [0.25, 0.3) is 28.3 Å². The molecule has 34 heavy (non-hydrogen) atoms. The van der Waals surface area contributed by atoms with Crippen LogP contribution in [0.1, 0.15) is 16.1 Å². The van der Waals surface area contributed by atoms with Crippen LogP contribution in [0.4, 0.5) is 8.78 Å². The van der Waals surface area contributed by atoms with Crippen LogP contribution in [-0.4, -0.2) is 47.2 Å². The zero-order valence-electron chi connectivity index (χ0n) is 18.1. The van der Waals surface area contributed by atoms with Crippen molar-refractivity contribution >= 4 is 11.4 Å². The van der Waals surface area contributed by atoms with Crippen LogP contribution in [0.5, 0.6) is 6.01 Å². The predicted octanol–water partition coefficient (Wildman–Crippen LogP) is 3.30. The van der Waals surface area contributed by atoms with E-state index >= 15 is 0 Å². The molecule has 0 N–H and O–H groups in total. The van der Waals surface area contributed by atoms with Crippen molar-refractivity contribution in [3.8, 4) is 28.7 Å². The largest absolute Gasteiger partial charge is 0.467 e. The fourth-order valence-corrected chi connectivity index (χ4v) is 3.63. The lowest BCUT2D eigenvalue weighted by atomic mass is 10.0. The second-order valence-electron chi connectivity index (χ2n) is 7.43. The van der Waals surface area contributed by atoms with E-state index in [0.29, 0.717) is 11.5 Å². The molecule has 11 heteroatoms. The monoisotopic (exact) mass is 461 g/mol. The Morgan fingerprint density at radius 2 is 1.88 bits per heavy atom. The third-order valence-electron chi connectivity index (χ3n) is 5.25. The Bertz CT molecular complexity index is 1530. The van der Waals surface area contributed by atoms with Gasteiger partial charge in [0.1, 0.15) is 17.2 Å². The van der Waals surface area contributed by atoms with Crippen LogP contribution in [0, 0.1) is 11.6 Å². The maximum absolute atomic E-state index is 14.9. The van der Waals surface area contributed by atoms with Crippen LogP contribution in [-0.2, 0) is 13.5 Å². The number of carbonyl (C=O) groups excluding carboxylic acids is 1. The molecule has 0 atom stereocenters. The lowest BCUT2D eigenvalue weighted by molar-refractivity contribution is 0.0983. The van der Waals surface area contributed by atoms with Gasteiger partial charge in [-0.3, -0.25) is 9.48 Å². The Labute approximate surface area is 191 Å². The third kappa shape index (κ3) is 3.76. The number of methoxy groups -OCH3 is 1. The van der Waals surface area contributed by atoms with Crippen molar-refractivity contribution in [3.05, 3.63) is 77.9 Å². The number of aryl methyl sites for hydroxylation is 1. The second kappa shape index (κ2) is 8.43. The fraction of sp³-hybridized carbons (Fsp3) is 0.130. The summed E-state index contributed by atoms with van der Waals surface area (Å²) in [4.78, 5) is 25.4. The number of benzene rings is 1. The molecule has 0 amide bonds. The van der Waals surface area contributed by atoms with Crippen molar-refractivity contribution in [1.29, 1.82) is 0 Å². The number of nitrogens with zero attached hydrogens (tertiary/aromatic N) is 7. The molecule has 0 radical (unpaired) electrons. The molecule has 0 saturated heterocycles. The summed E-state index contributed by atoms with van der Waals surface area (Å²) in [5.41, 5.74) is 1.39. The zero-order chi connectivity index (χ0) is 23.8. The van der Waals surface area contributed by atoms with Gasteiger partial charge in [-0.2, -0.15) is 10.1 Å². The molecule has 5 rings (SSSR count). The van der Waals surface area contributed by atoms with E-state index < -0.39 is 17.4 Å². The van der Waals surface area contributed by atoms with E-state index in [4.69, 9.17) is 4.74 Å². The van der Waals surface area contributed by atoms with Gasteiger partial charge in [0.2, 0.25) is 0 Å². The van der Waals surface area contributed by atoms with E-state index in [1.54, 1.807) is 0 Å². The summed E-state index contributed by atoms with van der Waals surface area (Å²) >= 11 is 0. The molecule has 4 aromatic heterocycles. The number of ketones is 1. The van der Waals surface area contributed by atoms with Crippen LogP contribution >= 0.6 is 0 Å². The Morgan fingerprint density at radius 3 is 2.65 bits per heavy atom. The van der Waals surface area contributed by atoms with Crippen molar-refractivity contribution < 1.29 is 18.3 Å². The van der Waals surface area contributed by atoms with Crippen molar-refractivity contribution in [2.24, 2.45) is 7.05 Å². The smallest absolute Gasteiger partial charge is 0.316 e. The predicted molar refractivity (Wildman–Crippen MR) is 117 cm³/mol. The normalized spacial score (nSPS) is 11.2. The minimum absolute atomic E-state index is 0.0591. The standard InChI is InChI=1S/C23H17F2N7O2/c1-31-21(15(10-27-31)20-16(24)11-26-23(29-20)34-2)18(33)8-14-9-19-28-22(13-6-4-3-5-7-13)30-32(19)12-17(14)25/h3-7,9-12H,8H2,1-2H3. The highest BCUT2D eigenvalue weighted by Crippen LogP contribution is 2.27. The molecule has 0 fully saturated rings. The van der Waals surface area contributed by atoms with E-state index in [9.17, 15) is 13.6 Å². The van der Waals surface area contributed by atoms with Crippen LogP contribution < -0.4 is 4.74 Å². The molecule has 0 unspecified atom stereocenters. The molecule has 0 spiro atoms. The second-order valence-corrected chi connectivity index (χ2v) is 7.43. The number of carbonyl (C=O) groups is 1. The van der Waals surface area contributed by atoms with Gasteiger partial charge in [0.05, 0.1) is 31.3 Å². The first-order valence-corrected chi connectivity index (χ1v) is 10.2. The van der Waals surface area contributed by atoms with Gasteiger partial charge in [-0.15, -0.1) is 5.10 Å². The number of rotatable bonds is 6. The van der Waals surface area contributed by atoms with Gasteiger partial charge in [0, 0.05) is 24.6 Å². The lowest BCUT2D eigenvalue weighted by Crippen LogP contribution is -2.13. The van der Waals surface area contributed by atoms with Gasteiger partial charge in [-0.1, -0.05) is 30.3 Å². The molecule has 0 saturated carbocycles. The Balaban J connectivity index is 1.50. The number of fused-ring (bicyclic) bond motifs is 1. The molecule has 4 heterocycles. The molecule has 5 aromatic rings. The zero-order valence-corrected chi connectivity index (χ0v) is 18.1. The van der Waals surface area contributed by atoms with Gasteiger partial charge in [0.15, 0.2) is 23.1 Å². The summed E-state index contributed by atoms with van der Waals surface area (Å²) < 4.78 is 36.9. The van der Waals surface area contributed by atoms with E-state index in [-0.39, 0.29) is 34.9 Å². The molecule has 170 valence electrons. The van der Waals surface area contributed by atoms with Crippen molar-refractivity contribution in [1.82, 2.24) is 34.3 Å². The first-order chi connectivity index (χ1) is 16.4. The summed E-state index contributed by atoms with van der Waals surface area (Å²) in [7, 11) is 2.89. The molecule has 9 nitrogen and oxygen atoms in total.